The third-order valence-corrected chi connectivity index (χ3v) is 1.16. The standard InChI is InChI=1S/C6F6.CNO/c7-1-2(8)4(10)6(12)5(11)3(1)9;2-1-3/q;-1. The van der Waals surface area contributed by atoms with Crippen molar-refractivity contribution in [3.05, 3.63) is 40.3 Å². The van der Waals surface area contributed by atoms with Crippen molar-refractivity contribution in [3.8, 4) is 0 Å². The molecule has 0 aliphatic heterocycles. The number of rotatable bonds is 0. The smallest absolute Gasteiger partial charge is 0.200 e. The highest BCUT2D eigenvalue weighted by molar-refractivity contribution is 5.36. The van der Waals surface area contributed by atoms with E-state index in [0.29, 0.717) is 6.08 Å². The Bertz CT molecular complexity index is 307. The average molecular weight is 228 g/mol. The molecule has 0 fully saturated rings. The summed E-state index contributed by atoms with van der Waals surface area (Å²) in [5.74, 6) is -14.2. The molecule has 0 radical (unpaired) electrons. The van der Waals surface area contributed by atoms with Crippen molar-refractivity contribution >= 4 is 6.08 Å². The Morgan fingerprint density at radius 1 is 0.667 bits per heavy atom. The molecular formula is C7F6NO-. The van der Waals surface area contributed by atoms with E-state index in [4.69, 9.17) is 10.2 Å². The first-order valence-electron chi connectivity index (χ1n) is 3.06. The molecule has 0 saturated heterocycles. The highest BCUT2D eigenvalue weighted by atomic mass is 19.2. The maximum absolute atomic E-state index is 12.0. The van der Waals surface area contributed by atoms with Gasteiger partial charge in [0.25, 0.3) is 0 Å². The van der Waals surface area contributed by atoms with Crippen LogP contribution < -0.4 is 0 Å². The lowest BCUT2D eigenvalue weighted by Crippen LogP contribution is -2.04. The second kappa shape index (κ2) is 5.16. The van der Waals surface area contributed by atoms with Crippen LogP contribution in [-0.4, -0.2) is 6.08 Å². The molecule has 0 bridgehead atoms. The zero-order chi connectivity index (χ0) is 12.2. The predicted octanol–water partition coefficient (Wildman–Crippen LogP) is 2.41. The Kier molecular flexibility index (Phi) is 4.53. The van der Waals surface area contributed by atoms with Gasteiger partial charge in [0.1, 0.15) is 0 Å². The minimum absolute atomic E-state index is 0.500. The molecule has 0 saturated carbocycles. The van der Waals surface area contributed by atoms with E-state index in [-0.39, 0.29) is 0 Å². The van der Waals surface area contributed by atoms with E-state index >= 15 is 0 Å². The molecule has 8 heteroatoms. The summed E-state index contributed by atoms with van der Waals surface area (Å²) in [7, 11) is 0. The number of halogens is 6. The lowest BCUT2D eigenvalue weighted by Gasteiger charge is -1.99. The Morgan fingerprint density at radius 3 is 0.800 bits per heavy atom. The molecule has 0 aliphatic carbocycles. The number of isocyanates is 1. The Morgan fingerprint density at radius 2 is 0.733 bits per heavy atom. The number of hydrogen-bond acceptors (Lipinski definition) is 1. The molecule has 1 aromatic carbocycles. The van der Waals surface area contributed by atoms with E-state index in [1.54, 1.807) is 0 Å². The van der Waals surface area contributed by atoms with Gasteiger partial charge in [-0.15, -0.1) is 0 Å². The van der Waals surface area contributed by atoms with Gasteiger partial charge in [0, 0.05) is 0 Å². The van der Waals surface area contributed by atoms with Crippen LogP contribution in [0.15, 0.2) is 0 Å². The van der Waals surface area contributed by atoms with Gasteiger partial charge in [0.05, 0.1) is 0 Å². The SMILES string of the molecule is Fc1c(F)c(F)c(F)c(F)c1F.[N-]=C=O. The number of carbonyl (C=O) groups excluding carboxylic acids is 1. The van der Waals surface area contributed by atoms with Gasteiger partial charge in [0.15, 0.2) is 0 Å². The molecule has 82 valence electrons. The molecule has 0 aliphatic rings. The first-order chi connectivity index (χ1) is 6.88. The third kappa shape index (κ3) is 2.57. The molecule has 15 heavy (non-hydrogen) atoms. The van der Waals surface area contributed by atoms with Gasteiger partial charge in [-0.1, -0.05) is 0 Å². The molecule has 0 heterocycles. The van der Waals surface area contributed by atoms with Crippen LogP contribution in [-0.2, 0) is 4.79 Å². The topological polar surface area (TPSA) is 39.4 Å². The summed E-state index contributed by atoms with van der Waals surface area (Å²) in [6.07, 6.45) is 0.500. The molecule has 0 unspecified atom stereocenters. The van der Waals surface area contributed by atoms with E-state index < -0.39 is 34.9 Å². The summed E-state index contributed by atoms with van der Waals surface area (Å²) in [6.45, 7) is 0. The zero-order valence-corrected chi connectivity index (χ0v) is 6.62. The van der Waals surface area contributed by atoms with Gasteiger partial charge in [-0.2, -0.15) is 0 Å². The molecule has 1 rings (SSSR count). The van der Waals surface area contributed by atoms with Gasteiger partial charge in [-0.3, -0.25) is 4.79 Å². The van der Waals surface area contributed by atoms with E-state index in [0.717, 1.165) is 0 Å². The summed E-state index contributed by atoms with van der Waals surface area (Å²) >= 11 is 0. The Hall–Kier alpha value is -1.82. The molecule has 0 spiro atoms. The van der Waals surface area contributed by atoms with Crippen LogP contribution in [0.2, 0.25) is 0 Å². The number of nitrogens with zero attached hydrogens (tertiary/aromatic N) is 1. The van der Waals surface area contributed by atoms with Crippen LogP contribution in [0.3, 0.4) is 0 Å². The summed E-state index contributed by atoms with van der Waals surface area (Å²) in [6, 6.07) is 0. The number of benzene rings is 1. The van der Waals surface area contributed by atoms with E-state index in [9.17, 15) is 26.3 Å². The highest BCUT2D eigenvalue weighted by Gasteiger charge is 2.25. The van der Waals surface area contributed by atoms with Crippen molar-refractivity contribution in [2.24, 2.45) is 0 Å². The number of hydrogen-bond donors (Lipinski definition) is 0. The van der Waals surface area contributed by atoms with Gasteiger partial charge in [-0.25, -0.2) is 26.3 Å². The second-order valence-corrected chi connectivity index (χ2v) is 1.98. The maximum atomic E-state index is 12.0. The predicted molar refractivity (Wildman–Crippen MR) is 35.2 cm³/mol. The molecule has 0 amide bonds. The molecule has 0 N–H and O–H groups in total. The largest absolute Gasteiger partial charge is 0.724 e. The monoisotopic (exact) mass is 228 g/mol. The van der Waals surface area contributed by atoms with Gasteiger partial charge in [-0.05, 0) is 6.08 Å². The summed E-state index contributed by atoms with van der Waals surface area (Å²) in [5.41, 5.74) is 0. The fourth-order valence-electron chi connectivity index (χ4n) is 0.578. The van der Waals surface area contributed by atoms with E-state index in [1.807, 2.05) is 0 Å². The molecule has 2 nitrogen and oxygen atoms in total. The molecule has 0 aromatic heterocycles. The first-order valence-corrected chi connectivity index (χ1v) is 3.06. The Balaban J connectivity index is 0.000000583. The summed E-state index contributed by atoms with van der Waals surface area (Å²) in [4.78, 5) is 8.24. The van der Waals surface area contributed by atoms with Crippen LogP contribution in [0.25, 0.3) is 5.41 Å². The maximum Gasteiger partial charge on any atom is 0.200 e. The van der Waals surface area contributed by atoms with Crippen molar-refractivity contribution in [1.29, 1.82) is 0 Å². The van der Waals surface area contributed by atoms with Crippen LogP contribution in [0.5, 0.6) is 0 Å². The van der Waals surface area contributed by atoms with Gasteiger partial charge in [0.2, 0.25) is 34.9 Å². The van der Waals surface area contributed by atoms with E-state index in [2.05, 4.69) is 0 Å². The van der Waals surface area contributed by atoms with Crippen molar-refractivity contribution in [2.75, 3.05) is 0 Å². The summed E-state index contributed by atoms with van der Waals surface area (Å²) < 4.78 is 72.2. The lowest BCUT2D eigenvalue weighted by molar-refractivity contribution is 0.334. The molecular weight excluding hydrogens is 228 g/mol. The minimum Gasteiger partial charge on any atom is -0.724 e. The van der Waals surface area contributed by atoms with Gasteiger partial charge >= 0.3 is 0 Å². The normalized spacial score (nSPS) is 8.93. The van der Waals surface area contributed by atoms with Crippen LogP contribution >= 0.6 is 0 Å². The highest BCUT2D eigenvalue weighted by Crippen LogP contribution is 2.20. The van der Waals surface area contributed by atoms with E-state index in [1.165, 1.54) is 0 Å². The van der Waals surface area contributed by atoms with Crippen LogP contribution in [0.1, 0.15) is 0 Å². The zero-order valence-electron chi connectivity index (χ0n) is 6.62. The first kappa shape index (κ1) is 13.2. The Labute approximate surface area is 78.6 Å². The molecule has 0 atom stereocenters. The fourth-order valence-corrected chi connectivity index (χ4v) is 0.578. The van der Waals surface area contributed by atoms with Crippen molar-refractivity contribution in [3.63, 3.8) is 0 Å². The van der Waals surface area contributed by atoms with Crippen LogP contribution in [0.4, 0.5) is 26.3 Å². The van der Waals surface area contributed by atoms with Gasteiger partial charge < -0.3 is 5.41 Å². The third-order valence-electron chi connectivity index (χ3n) is 1.16. The van der Waals surface area contributed by atoms with Crippen molar-refractivity contribution in [1.82, 2.24) is 0 Å². The fraction of sp³-hybridized carbons (Fsp3) is 0. The second-order valence-electron chi connectivity index (χ2n) is 1.98. The minimum atomic E-state index is -2.37. The van der Waals surface area contributed by atoms with Crippen molar-refractivity contribution in [2.45, 2.75) is 0 Å². The average Bonchev–Trinajstić information content (AvgIpc) is 2.22. The molecule has 1 aromatic rings. The van der Waals surface area contributed by atoms with Crippen molar-refractivity contribution < 1.29 is 31.1 Å². The van der Waals surface area contributed by atoms with Crippen LogP contribution in [0, 0.1) is 34.9 Å². The summed E-state index contributed by atoms with van der Waals surface area (Å²) in [5, 5.41) is 6.76. The quantitative estimate of drug-likeness (QED) is 0.221. The lowest BCUT2D eigenvalue weighted by atomic mass is 10.3.